The third-order valence-electron chi connectivity index (χ3n) is 3.19. The third-order valence-corrected chi connectivity index (χ3v) is 3.19. The minimum absolute atomic E-state index is 0.0914. The van der Waals surface area contributed by atoms with Crippen LogP contribution in [0.1, 0.15) is 23.8 Å². The molecule has 0 spiro atoms. The zero-order chi connectivity index (χ0) is 13.4. The Morgan fingerprint density at radius 3 is 2.68 bits per heavy atom. The van der Waals surface area contributed by atoms with E-state index in [1.54, 1.807) is 36.4 Å². The molecule has 4 nitrogen and oxygen atoms in total. The molecule has 1 atom stereocenters. The van der Waals surface area contributed by atoms with Crippen LogP contribution in [0.4, 0.5) is 0 Å². The molecule has 96 valence electrons. The normalized spacial score (nSPS) is 17.2. The minimum Gasteiger partial charge on any atom is -0.506 e. The highest BCUT2D eigenvalue weighted by molar-refractivity contribution is 5.73. The van der Waals surface area contributed by atoms with Crippen molar-refractivity contribution >= 4 is 6.08 Å². The van der Waals surface area contributed by atoms with Crippen LogP contribution in [-0.4, -0.2) is 10.2 Å². The second kappa shape index (κ2) is 4.40. The molecule has 19 heavy (non-hydrogen) atoms. The van der Waals surface area contributed by atoms with Gasteiger partial charge in [-0.1, -0.05) is 36.4 Å². The minimum atomic E-state index is -0.855. The summed E-state index contributed by atoms with van der Waals surface area (Å²) in [5, 5.41) is 20.2. The molecule has 0 saturated carbocycles. The maximum Gasteiger partial charge on any atom is 0.347 e. The zero-order valence-corrected chi connectivity index (χ0v) is 10.0. The Hall–Kier alpha value is -2.33. The van der Waals surface area contributed by atoms with Gasteiger partial charge in [0.05, 0.1) is 11.7 Å². The summed E-state index contributed by atoms with van der Waals surface area (Å²) in [5.74, 6) is 0.0234. The number of rotatable bonds is 1. The zero-order valence-electron chi connectivity index (χ0n) is 10.0. The van der Waals surface area contributed by atoms with E-state index in [-0.39, 0.29) is 22.6 Å². The first-order chi connectivity index (χ1) is 9.18. The maximum absolute atomic E-state index is 12.0. The van der Waals surface area contributed by atoms with Crippen LogP contribution < -0.4 is 5.63 Å². The molecule has 1 aromatic carbocycles. The van der Waals surface area contributed by atoms with Crippen LogP contribution in [0.5, 0.6) is 5.75 Å². The summed E-state index contributed by atoms with van der Waals surface area (Å²) >= 11 is 0. The van der Waals surface area contributed by atoms with Crippen molar-refractivity contribution in [1.82, 2.24) is 0 Å². The van der Waals surface area contributed by atoms with E-state index in [1.165, 1.54) is 0 Å². The molecule has 2 N–H and O–H groups in total. The number of fused-ring (bicyclic) bond motifs is 1. The number of aliphatic hydroxyl groups excluding tert-OH is 1. The van der Waals surface area contributed by atoms with Crippen molar-refractivity contribution in [3.8, 4) is 16.9 Å². The molecule has 1 aliphatic rings. The fourth-order valence-corrected chi connectivity index (χ4v) is 2.28. The second-order valence-electron chi connectivity index (χ2n) is 4.41. The monoisotopic (exact) mass is 256 g/mol. The first kappa shape index (κ1) is 11.7. The Bertz CT molecular complexity index is 698. The van der Waals surface area contributed by atoms with Crippen molar-refractivity contribution in [1.29, 1.82) is 0 Å². The second-order valence-corrected chi connectivity index (χ2v) is 4.41. The van der Waals surface area contributed by atoms with Gasteiger partial charge in [0.1, 0.15) is 17.1 Å². The van der Waals surface area contributed by atoms with Crippen molar-refractivity contribution in [3.63, 3.8) is 0 Å². The highest BCUT2D eigenvalue weighted by Crippen LogP contribution is 2.38. The number of aromatic hydroxyl groups is 1. The van der Waals surface area contributed by atoms with Gasteiger partial charge in [-0.2, -0.15) is 0 Å². The van der Waals surface area contributed by atoms with Crippen LogP contribution in [0.25, 0.3) is 17.2 Å². The lowest BCUT2D eigenvalue weighted by atomic mass is 9.95. The van der Waals surface area contributed by atoms with Gasteiger partial charge in [0, 0.05) is 0 Å². The number of benzene rings is 1. The first-order valence-electron chi connectivity index (χ1n) is 5.98. The van der Waals surface area contributed by atoms with E-state index in [0.29, 0.717) is 12.0 Å². The topological polar surface area (TPSA) is 70.7 Å². The van der Waals surface area contributed by atoms with E-state index in [4.69, 9.17) is 4.42 Å². The number of hydrogen-bond donors (Lipinski definition) is 2. The molecule has 1 heterocycles. The molecule has 1 unspecified atom stereocenters. The summed E-state index contributed by atoms with van der Waals surface area (Å²) in [5.41, 5.74) is 0.328. The van der Waals surface area contributed by atoms with Crippen LogP contribution in [0.2, 0.25) is 0 Å². The Labute approximate surface area is 109 Å². The summed E-state index contributed by atoms with van der Waals surface area (Å²) in [6, 6.07) is 8.78. The van der Waals surface area contributed by atoms with Gasteiger partial charge < -0.3 is 14.6 Å². The van der Waals surface area contributed by atoms with E-state index in [1.807, 2.05) is 6.07 Å². The van der Waals surface area contributed by atoms with E-state index in [2.05, 4.69) is 0 Å². The van der Waals surface area contributed by atoms with Crippen LogP contribution in [-0.2, 0) is 0 Å². The van der Waals surface area contributed by atoms with Crippen molar-refractivity contribution in [2.24, 2.45) is 0 Å². The van der Waals surface area contributed by atoms with Crippen LogP contribution in [0.15, 0.2) is 45.6 Å². The Kier molecular flexibility index (Phi) is 2.72. The van der Waals surface area contributed by atoms with Gasteiger partial charge in [0.25, 0.3) is 0 Å². The summed E-state index contributed by atoms with van der Waals surface area (Å²) in [7, 11) is 0. The quantitative estimate of drug-likeness (QED) is 0.822. The average Bonchev–Trinajstić information content (AvgIpc) is 2.39. The van der Waals surface area contributed by atoms with E-state index in [0.717, 1.165) is 0 Å². The van der Waals surface area contributed by atoms with Crippen LogP contribution in [0.3, 0.4) is 0 Å². The van der Waals surface area contributed by atoms with E-state index >= 15 is 0 Å². The summed E-state index contributed by atoms with van der Waals surface area (Å²) < 4.78 is 5.17. The lowest BCUT2D eigenvalue weighted by Crippen LogP contribution is -2.11. The number of hydrogen-bond acceptors (Lipinski definition) is 4. The largest absolute Gasteiger partial charge is 0.506 e. The first-order valence-corrected chi connectivity index (χ1v) is 5.98. The van der Waals surface area contributed by atoms with Gasteiger partial charge >= 0.3 is 5.63 Å². The number of aliphatic hydroxyl groups is 1. The lowest BCUT2D eigenvalue weighted by molar-refractivity contribution is 0.171. The third kappa shape index (κ3) is 1.86. The molecule has 4 heteroatoms. The van der Waals surface area contributed by atoms with Gasteiger partial charge in [-0.15, -0.1) is 0 Å². The molecule has 0 fully saturated rings. The predicted molar refractivity (Wildman–Crippen MR) is 70.7 cm³/mol. The highest BCUT2D eigenvalue weighted by atomic mass is 16.4. The summed E-state index contributed by atoms with van der Waals surface area (Å²) in [6.45, 7) is 0. The molecule has 0 aliphatic heterocycles. The molecule has 3 rings (SSSR count). The van der Waals surface area contributed by atoms with Gasteiger partial charge in [0.2, 0.25) is 0 Å². The Balaban J connectivity index is 2.31. The highest BCUT2D eigenvalue weighted by Gasteiger charge is 2.25. The molecule has 1 aromatic heterocycles. The molecular weight excluding hydrogens is 244 g/mol. The van der Waals surface area contributed by atoms with Crippen molar-refractivity contribution in [2.75, 3.05) is 0 Å². The average molecular weight is 256 g/mol. The smallest absolute Gasteiger partial charge is 0.347 e. The molecule has 0 saturated heterocycles. The van der Waals surface area contributed by atoms with Crippen molar-refractivity contribution < 1.29 is 14.6 Å². The van der Waals surface area contributed by atoms with Gasteiger partial charge in [-0.05, 0) is 18.1 Å². The molecule has 0 amide bonds. The van der Waals surface area contributed by atoms with E-state index in [9.17, 15) is 15.0 Å². The van der Waals surface area contributed by atoms with Crippen LogP contribution in [0, 0.1) is 0 Å². The van der Waals surface area contributed by atoms with Crippen molar-refractivity contribution in [2.45, 2.75) is 12.5 Å². The van der Waals surface area contributed by atoms with Gasteiger partial charge in [0.15, 0.2) is 0 Å². The Morgan fingerprint density at radius 2 is 1.95 bits per heavy atom. The van der Waals surface area contributed by atoms with E-state index < -0.39 is 11.7 Å². The molecule has 2 aromatic rings. The molecular formula is C15H12O4. The Morgan fingerprint density at radius 1 is 1.21 bits per heavy atom. The van der Waals surface area contributed by atoms with Gasteiger partial charge in [-0.3, -0.25) is 0 Å². The summed E-state index contributed by atoms with van der Waals surface area (Å²) in [4.78, 5) is 12.0. The van der Waals surface area contributed by atoms with Crippen molar-refractivity contribution in [3.05, 3.63) is 58.2 Å². The van der Waals surface area contributed by atoms with Crippen LogP contribution >= 0.6 is 0 Å². The fourth-order valence-electron chi connectivity index (χ4n) is 2.28. The predicted octanol–water partition coefficient (Wildman–Crippen LogP) is 2.46. The summed E-state index contributed by atoms with van der Waals surface area (Å²) in [6.07, 6.45) is 2.84. The molecule has 1 aliphatic carbocycles. The SMILES string of the molecule is O=c1oc2c(c(O)c1-c1ccccc1)C(O)CC=C2. The fraction of sp³-hybridized carbons (Fsp3) is 0.133. The molecule has 0 radical (unpaired) electrons. The maximum atomic E-state index is 12.0. The lowest BCUT2D eigenvalue weighted by Gasteiger charge is -2.18. The standard InChI is InChI=1S/C15H12O4/c16-10-7-4-8-11-13(10)14(17)12(15(18)19-11)9-5-2-1-3-6-9/h1-6,8,10,16-17H,7H2. The molecule has 0 bridgehead atoms. The van der Waals surface area contributed by atoms with Gasteiger partial charge in [-0.25, -0.2) is 4.79 Å².